The predicted molar refractivity (Wildman–Crippen MR) is 60.7 cm³/mol. The molecule has 1 aromatic rings. The van der Waals surface area contributed by atoms with Crippen LogP contribution in [-0.2, 0) is 12.8 Å². The van der Waals surface area contributed by atoms with E-state index >= 15 is 0 Å². The van der Waals surface area contributed by atoms with E-state index in [1.165, 1.54) is 0 Å². The lowest BCUT2D eigenvalue weighted by Gasteiger charge is -2.09. The van der Waals surface area contributed by atoms with E-state index in [4.69, 9.17) is 5.73 Å². The van der Waals surface area contributed by atoms with Crippen LogP contribution in [0.2, 0.25) is 0 Å². The number of benzene rings is 1. The number of halogens is 3. The van der Waals surface area contributed by atoms with Gasteiger partial charge in [-0.1, -0.05) is 24.3 Å². The van der Waals surface area contributed by atoms with Crippen LogP contribution in [0.15, 0.2) is 24.3 Å². The Kier molecular flexibility index (Phi) is 3.17. The van der Waals surface area contributed by atoms with Crippen molar-refractivity contribution in [2.45, 2.75) is 43.8 Å². The number of nitrogens with two attached hydrogens (primary N) is 1. The van der Waals surface area contributed by atoms with Crippen LogP contribution in [0, 0.1) is 0 Å². The minimum absolute atomic E-state index is 0.00460. The van der Waals surface area contributed by atoms with Crippen LogP contribution in [-0.4, -0.2) is 11.7 Å². The Bertz CT molecular complexity index is 377. The van der Waals surface area contributed by atoms with Gasteiger partial charge in [-0.2, -0.15) is 13.2 Å². The Morgan fingerprint density at radius 3 is 2.06 bits per heavy atom. The standard InChI is InChI=1S/C13H16F3N/c14-13(15,16)9-11-3-1-10(2-4-11)5-6-12(17)7-8-12/h1-4H,5-9,17H2. The van der Waals surface area contributed by atoms with E-state index < -0.39 is 12.6 Å². The van der Waals surface area contributed by atoms with Crippen molar-refractivity contribution in [2.24, 2.45) is 5.73 Å². The van der Waals surface area contributed by atoms with Crippen molar-refractivity contribution in [3.63, 3.8) is 0 Å². The van der Waals surface area contributed by atoms with E-state index in [2.05, 4.69) is 0 Å². The number of rotatable bonds is 4. The fraction of sp³-hybridized carbons (Fsp3) is 0.538. The lowest BCUT2D eigenvalue weighted by atomic mass is 10.0. The molecular formula is C13H16F3N. The zero-order valence-electron chi connectivity index (χ0n) is 9.56. The summed E-state index contributed by atoms with van der Waals surface area (Å²) in [7, 11) is 0. The van der Waals surface area contributed by atoms with Gasteiger partial charge in [0.05, 0.1) is 6.42 Å². The van der Waals surface area contributed by atoms with E-state index in [9.17, 15) is 13.2 Å². The van der Waals surface area contributed by atoms with Crippen LogP contribution in [0.1, 0.15) is 30.4 Å². The first-order chi connectivity index (χ1) is 7.86. The second-order valence-electron chi connectivity index (χ2n) is 4.97. The topological polar surface area (TPSA) is 26.0 Å². The molecule has 0 unspecified atom stereocenters. The van der Waals surface area contributed by atoms with Crippen LogP contribution >= 0.6 is 0 Å². The molecule has 0 atom stereocenters. The second-order valence-corrected chi connectivity index (χ2v) is 4.97. The summed E-state index contributed by atoms with van der Waals surface area (Å²) in [6.45, 7) is 0. The molecular weight excluding hydrogens is 227 g/mol. The molecule has 0 spiro atoms. The third-order valence-corrected chi connectivity index (χ3v) is 3.23. The summed E-state index contributed by atoms with van der Waals surface area (Å²) >= 11 is 0. The highest BCUT2D eigenvalue weighted by Gasteiger charge is 2.37. The number of hydrogen-bond acceptors (Lipinski definition) is 1. The predicted octanol–water partition coefficient (Wildman–Crippen LogP) is 3.22. The third kappa shape index (κ3) is 4.04. The minimum atomic E-state index is -4.13. The summed E-state index contributed by atoms with van der Waals surface area (Å²) < 4.78 is 36.4. The molecule has 0 bridgehead atoms. The SMILES string of the molecule is NC1(CCc2ccc(CC(F)(F)F)cc2)CC1. The molecule has 0 amide bonds. The molecule has 94 valence electrons. The first-order valence-corrected chi connectivity index (χ1v) is 5.80. The van der Waals surface area contributed by atoms with Gasteiger partial charge in [0, 0.05) is 5.54 Å². The quantitative estimate of drug-likeness (QED) is 0.863. The van der Waals surface area contributed by atoms with Crippen molar-refractivity contribution >= 4 is 0 Å². The van der Waals surface area contributed by atoms with Crippen LogP contribution in [0.5, 0.6) is 0 Å². The molecule has 0 radical (unpaired) electrons. The second kappa shape index (κ2) is 4.33. The molecule has 1 nitrogen and oxygen atoms in total. The van der Waals surface area contributed by atoms with Gasteiger partial charge >= 0.3 is 6.18 Å². The van der Waals surface area contributed by atoms with Crippen molar-refractivity contribution < 1.29 is 13.2 Å². The molecule has 1 saturated carbocycles. The van der Waals surface area contributed by atoms with E-state index in [0.717, 1.165) is 31.2 Å². The molecule has 1 aliphatic carbocycles. The van der Waals surface area contributed by atoms with E-state index in [-0.39, 0.29) is 5.54 Å². The Labute approximate surface area is 98.8 Å². The maximum Gasteiger partial charge on any atom is 0.393 e. The highest BCUT2D eigenvalue weighted by molar-refractivity contribution is 5.24. The summed E-state index contributed by atoms with van der Waals surface area (Å²) in [5.41, 5.74) is 7.34. The first-order valence-electron chi connectivity index (χ1n) is 5.80. The molecule has 1 aliphatic rings. The Morgan fingerprint density at radius 2 is 1.59 bits per heavy atom. The molecule has 1 aromatic carbocycles. The molecule has 0 saturated heterocycles. The first kappa shape index (κ1) is 12.4. The molecule has 0 aromatic heterocycles. The average Bonchev–Trinajstić information content (AvgIpc) is 2.94. The zero-order chi connectivity index (χ0) is 12.5. The van der Waals surface area contributed by atoms with Crippen LogP contribution < -0.4 is 5.73 Å². The maximum atomic E-state index is 12.1. The molecule has 2 N–H and O–H groups in total. The Morgan fingerprint density at radius 1 is 1.06 bits per heavy atom. The largest absolute Gasteiger partial charge is 0.393 e. The number of aryl methyl sites for hydroxylation is 1. The summed E-state index contributed by atoms with van der Waals surface area (Å²) in [6.07, 6.45) is -1.07. The van der Waals surface area contributed by atoms with Crippen LogP contribution in [0.25, 0.3) is 0 Å². The normalized spacial score (nSPS) is 18.1. The van der Waals surface area contributed by atoms with E-state index in [1.807, 2.05) is 0 Å². The van der Waals surface area contributed by atoms with Crippen molar-refractivity contribution in [1.82, 2.24) is 0 Å². The molecule has 0 heterocycles. The highest BCUT2D eigenvalue weighted by atomic mass is 19.4. The van der Waals surface area contributed by atoms with Crippen molar-refractivity contribution in [3.05, 3.63) is 35.4 Å². The summed E-state index contributed by atoms with van der Waals surface area (Å²) in [6, 6.07) is 6.65. The molecule has 0 aliphatic heterocycles. The van der Waals surface area contributed by atoms with E-state index in [1.54, 1.807) is 24.3 Å². The van der Waals surface area contributed by atoms with Gasteiger partial charge in [-0.15, -0.1) is 0 Å². The van der Waals surface area contributed by atoms with Crippen molar-refractivity contribution in [3.8, 4) is 0 Å². The van der Waals surface area contributed by atoms with Crippen LogP contribution in [0.4, 0.5) is 13.2 Å². The minimum Gasteiger partial charge on any atom is -0.325 e. The van der Waals surface area contributed by atoms with Gasteiger partial charge in [-0.25, -0.2) is 0 Å². The van der Waals surface area contributed by atoms with Gasteiger partial charge in [0.2, 0.25) is 0 Å². The average molecular weight is 243 g/mol. The van der Waals surface area contributed by atoms with Gasteiger partial charge in [0.1, 0.15) is 0 Å². The van der Waals surface area contributed by atoms with Gasteiger partial charge in [-0.3, -0.25) is 0 Å². The maximum absolute atomic E-state index is 12.1. The Hall–Kier alpha value is -1.03. The zero-order valence-corrected chi connectivity index (χ0v) is 9.56. The molecule has 17 heavy (non-hydrogen) atoms. The van der Waals surface area contributed by atoms with Gasteiger partial charge in [-0.05, 0) is 36.8 Å². The number of alkyl halides is 3. The van der Waals surface area contributed by atoms with Gasteiger partial charge < -0.3 is 5.73 Å². The molecule has 4 heteroatoms. The third-order valence-electron chi connectivity index (χ3n) is 3.23. The summed E-state index contributed by atoms with van der Waals surface area (Å²) in [5.74, 6) is 0. The Balaban J connectivity index is 1.89. The van der Waals surface area contributed by atoms with Crippen LogP contribution in [0.3, 0.4) is 0 Å². The fourth-order valence-electron chi connectivity index (χ4n) is 1.86. The van der Waals surface area contributed by atoms with E-state index in [0.29, 0.717) is 5.56 Å². The highest BCUT2D eigenvalue weighted by Crippen LogP contribution is 2.36. The smallest absolute Gasteiger partial charge is 0.325 e. The fourth-order valence-corrected chi connectivity index (χ4v) is 1.86. The lowest BCUT2D eigenvalue weighted by molar-refractivity contribution is -0.127. The van der Waals surface area contributed by atoms with Crippen molar-refractivity contribution in [2.75, 3.05) is 0 Å². The molecule has 1 fully saturated rings. The summed E-state index contributed by atoms with van der Waals surface area (Å²) in [4.78, 5) is 0. The molecule has 2 rings (SSSR count). The lowest BCUT2D eigenvalue weighted by Crippen LogP contribution is -2.22. The van der Waals surface area contributed by atoms with Gasteiger partial charge in [0.15, 0.2) is 0 Å². The van der Waals surface area contributed by atoms with Crippen molar-refractivity contribution in [1.29, 1.82) is 0 Å². The summed E-state index contributed by atoms with van der Waals surface area (Å²) in [5, 5.41) is 0. The number of hydrogen-bond donors (Lipinski definition) is 1. The monoisotopic (exact) mass is 243 g/mol. The van der Waals surface area contributed by atoms with Gasteiger partial charge in [0.25, 0.3) is 0 Å².